The van der Waals surface area contributed by atoms with Gasteiger partial charge in [-0.2, -0.15) is 0 Å². The van der Waals surface area contributed by atoms with Crippen LogP contribution in [-0.2, 0) is 4.74 Å². The van der Waals surface area contributed by atoms with Crippen LogP contribution in [0.5, 0.6) is 0 Å². The summed E-state index contributed by atoms with van der Waals surface area (Å²) in [6.45, 7) is 5.31. The molecule has 29 heavy (non-hydrogen) atoms. The van der Waals surface area contributed by atoms with Crippen molar-refractivity contribution < 1.29 is 19.1 Å². The average Bonchev–Trinajstić information content (AvgIpc) is 3.17. The highest BCUT2D eigenvalue weighted by Gasteiger charge is 2.28. The van der Waals surface area contributed by atoms with Crippen LogP contribution < -0.4 is 5.32 Å². The van der Waals surface area contributed by atoms with E-state index in [1.54, 1.807) is 57.6 Å². The maximum absolute atomic E-state index is 13.1. The Labute approximate surface area is 172 Å². The molecule has 0 saturated heterocycles. The number of amides is 2. The van der Waals surface area contributed by atoms with Gasteiger partial charge < -0.3 is 15.0 Å². The minimum atomic E-state index is -0.579. The molecule has 2 amide bonds. The number of ether oxygens (including phenoxy) is 1. The fourth-order valence-corrected chi connectivity index (χ4v) is 4.22. The summed E-state index contributed by atoms with van der Waals surface area (Å²) in [5.74, 6) is -1.24. The van der Waals surface area contributed by atoms with E-state index in [0.29, 0.717) is 27.5 Å². The van der Waals surface area contributed by atoms with Gasteiger partial charge in [-0.15, -0.1) is 11.3 Å². The SMILES string of the molecule is CCOC(=O)c1c(NC(=O)c2c(C)nc3ccccn23)sc(C(=O)N(C)C)c1C. The number of esters is 1. The number of hydrogen-bond donors (Lipinski definition) is 1. The van der Waals surface area contributed by atoms with E-state index in [0.717, 1.165) is 11.3 Å². The fraction of sp³-hybridized carbons (Fsp3) is 0.300. The molecule has 3 heterocycles. The molecule has 0 aliphatic rings. The molecular formula is C20H22N4O4S. The topological polar surface area (TPSA) is 93.0 Å². The lowest BCUT2D eigenvalue weighted by molar-refractivity contribution is 0.0527. The molecular weight excluding hydrogens is 392 g/mol. The average molecular weight is 414 g/mol. The summed E-state index contributed by atoms with van der Waals surface area (Å²) in [5.41, 5.74) is 2.25. The third-order valence-corrected chi connectivity index (χ3v) is 5.57. The van der Waals surface area contributed by atoms with Crippen molar-refractivity contribution in [3.8, 4) is 0 Å². The first kappa shape index (κ1) is 20.5. The Balaban J connectivity index is 2.06. The summed E-state index contributed by atoms with van der Waals surface area (Å²) in [4.78, 5) is 44.3. The van der Waals surface area contributed by atoms with Crippen LogP contribution in [0.4, 0.5) is 5.00 Å². The molecule has 0 aromatic carbocycles. The standard InChI is InChI=1S/C20H22N4O4S/c1-6-28-20(27)14-11(2)16(19(26)23(4)5)29-18(14)22-17(25)15-12(3)21-13-9-7-8-10-24(13)15/h7-10H,6H2,1-5H3,(H,22,25). The van der Waals surface area contributed by atoms with Crippen LogP contribution in [0, 0.1) is 13.8 Å². The first-order valence-electron chi connectivity index (χ1n) is 9.03. The molecule has 0 atom stereocenters. The Morgan fingerprint density at radius 2 is 1.97 bits per heavy atom. The van der Waals surface area contributed by atoms with Gasteiger partial charge in [0.05, 0.1) is 22.7 Å². The van der Waals surface area contributed by atoms with Crippen molar-refractivity contribution in [2.24, 2.45) is 0 Å². The highest BCUT2D eigenvalue weighted by atomic mass is 32.1. The van der Waals surface area contributed by atoms with Crippen molar-refractivity contribution in [3.63, 3.8) is 0 Å². The maximum atomic E-state index is 13.1. The van der Waals surface area contributed by atoms with E-state index in [2.05, 4.69) is 10.3 Å². The Kier molecular flexibility index (Phi) is 5.69. The molecule has 3 rings (SSSR count). The number of carbonyl (C=O) groups excluding carboxylic acids is 3. The van der Waals surface area contributed by atoms with E-state index in [4.69, 9.17) is 4.74 Å². The molecule has 3 aromatic rings. The predicted octanol–water partition coefficient (Wildman–Crippen LogP) is 3.14. The molecule has 0 aliphatic carbocycles. The number of hydrogen-bond acceptors (Lipinski definition) is 6. The van der Waals surface area contributed by atoms with Gasteiger partial charge >= 0.3 is 5.97 Å². The molecule has 1 N–H and O–H groups in total. The van der Waals surface area contributed by atoms with Crippen molar-refractivity contribution >= 4 is 39.8 Å². The summed E-state index contributed by atoms with van der Waals surface area (Å²) in [5, 5.41) is 3.07. The molecule has 0 aliphatic heterocycles. The van der Waals surface area contributed by atoms with Crippen LogP contribution in [0.3, 0.4) is 0 Å². The first-order valence-corrected chi connectivity index (χ1v) is 9.85. The molecule has 3 aromatic heterocycles. The van der Waals surface area contributed by atoms with Crippen LogP contribution in [0.15, 0.2) is 24.4 Å². The number of nitrogens with one attached hydrogen (secondary N) is 1. The van der Waals surface area contributed by atoms with Crippen molar-refractivity contribution in [1.82, 2.24) is 14.3 Å². The number of imidazole rings is 1. The molecule has 0 saturated carbocycles. The number of carbonyl (C=O) groups is 3. The second-order valence-electron chi connectivity index (χ2n) is 6.61. The van der Waals surface area contributed by atoms with Gasteiger partial charge in [-0.25, -0.2) is 9.78 Å². The fourth-order valence-electron chi connectivity index (χ4n) is 3.01. The van der Waals surface area contributed by atoms with Crippen molar-refractivity contribution in [3.05, 3.63) is 51.8 Å². The Morgan fingerprint density at radius 1 is 1.24 bits per heavy atom. The maximum Gasteiger partial charge on any atom is 0.341 e. The Bertz CT molecular complexity index is 1110. The lowest BCUT2D eigenvalue weighted by Gasteiger charge is -2.09. The zero-order chi connectivity index (χ0) is 21.3. The predicted molar refractivity (Wildman–Crippen MR) is 111 cm³/mol. The van der Waals surface area contributed by atoms with E-state index < -0.39 is 11.9 Å². The molecule has 9 heteroatoms. The van der Waals surface area contributed by atoms with Crippen molar-refractivity contribution in [2.45, 2.75) is 20.8 Å². The number of nitrogens with zero attached hydrogens (tertiary/aromatic N) is 3. The van der Waals surface area contributed by atoms with Crippen LogP contribution >= 0.6 is 11.3 Å². The van der Waals surface area contributed by atoms with Crippen LogP contribution in [0.2, 0.25) is 0 Å². The van der Waals surface area contributed by atoms with Gasteiger partial charge in [0.25, 0.3) is 11.8 Å². The Hall–Kier alpha value is -3.20. The zero-order valence-corrected chi connectivity index (χ0v) is 17.7. The highest BCUT2D eigenvalue weighted by Crippen LogP contribution is 2.35. The van der Waals surface area contributed by atoms with Crippen LogP contribution in [-0.4, -0.2) is 52.8 Å². The molecule has 152 valence electrons. The van der Waals surface area contributed by atoms with Gasteiger partial charge in [0, 0.05) is 20.3 Å². The minimum absolute atomic E-state index is 0.185. The van der Waals surface area contributed by atoms with Gasteiger partial charge in [0.2, 0.25) is 0 Å². The van der Waals surface area contributed by atoms with Crippen LogP contribution in [0.25, 0.3) is 5.65 Å². The van der Waals surface area contributed by atoms with E-state index in [1.807, 2.05) is 6.07 Å². The molecule has 0 spiro atoms. The number of thiophene rings is 1. The zero-order valence-electron chi connectivity index (χ0n) is 16.9. The number of pyridine rings is 1. The van der Waals surface area contributed by atoms with Crippen molar-refractivity contribution in [2.75, 3.05) is 26.0 Å². The minimum Gasteiger partial charge on any atom is -0.462 e. The van der Waals surface area contributed by atoms with Gasteiger partial charge in [-0.1, -0.05) is 6.07 Å². The number of rotatable bonds is 5. The van der Waals surface area contributed by atoms with E-state index in [-0.39, 0.29) is 23.1 Å². The molecule has 0 bridgehead atoms. The quantitative estimate of drug-likeness (QED) is 0.648. The van der Waals surface area contributed by atoms with Gasteiger partial charge in [0.1, 0.15) is 16.3 Å². The molecule has 8 nitrogen and oxygen atoms in total. The summed E-state index contributed by atoms with van der Waals surface area (Å²) in [7, 11) is 3.26. The monoisotopic (exact) mass is 414 g/mol. The van der Waals surface area contributed by atoms with E-state index in [1.165, 1.54) is 4.90 Å². The lowest BCUT2D eigenvalue weighted by Crippen LogP contribution is -2.21. The number of aryl methyl sites for hydroxylation is 1. The summed E-state index contributed by atoms with van der Waals surface area (Å²) >= 11 is 1.06. The van der Waals surface area contributed by atoms with Crippen molar-refractivity contribution in [1.29, 1.82) is 0 Å². The summed E-state index contributed by atoms with van der Waals surface area (Å²) in [6, 6.07) is 5.44. The summed E-state index contributed by atoms with van der Waals surface area (Å²) < 4.78 is 6.82. The number of aromatic nitrogens is 2. The molecule has 0 radical (unpaired) electrons. The highest BCUT2D eigenvalue weighted by molar-refractivity contribution is 7.18. The smallest absolute Gasteiger partial charge is 0.341 e. The normalized spacial score (nSPS) is 10.8. The van der Waals surface area contributed by atoms with Gasteiger partial charge in [0.15, 0.2) is 0 Å². The van der Waals surface area contributed by atoms with Gasteiger partial charge in [-0.05, 0) is 38.5 Å². The first-order chi connectivity index (χ1) is 13.8. The molecule has 0 fully saturated rings. The largest absolute Gasteiger partial charge is 0.462 e. The lowest BCUT2D eigenvalue weighted by atomic mass is 10.1. The second-order valence-corrected chi connectivity index (χ2v) is 7.63. The third kappa shape index (κ3) is 3.73. The van der Waals surface area contributed by atoms with Crippen LogP contribution in [0.1, 0.15) is 48.7 Å². The van der Waals surface area contributed by atoms with E-state index >= 15 is 0 Å². The third-order valence-electron chi connectivity index (χ3n) is 4.37. The molecule has 0 unspecified atom stereocenters. The second kappa shape index (κ2) is 8.04. The number of fused-ring (bicyclic) bond motifs is 1. The Morgan fingerprint density at radius 3 is 2.62 bits per heavy atom. The van der Waals surface area contributed by atoms with Gasteiger partial charge in [-0.3, -0.25) is 14.0 Å². The number of anilines is 1. The van der Waals surface area contributed by atoms with E-state index in [9.17, 15) is 14.4 Å². The summed E-state index contributed by atoms with van der Waals surface area (Å²) in [6.07, 6.45) is 1.75.